The lowest BCUT2D eigenvalue weighted by molar-refractivity contribution is -0.167. The number of esters is 1. The molecule has 3 aliphatic carbocycles. The molecule has 0 heterocycles. The second-order valence-corrected chi connectivity index (χ2v) is 7.89. The molecule has 0 radical (unpaired) electrons. The van der Waals surface area contributed by atoms with Crippen molar-refractivity contribution in [3.63, 3.8) is 0 Å². The van der Waals surface area contributed by atoms with Crippen LogP contribution in [0.2, 0.25) is 0 Å². The van der Waals surface area contributed by atoms with Crippen LogP contribution in [0.25, 0.3) is 0 Å². The van der Waals surface area contributed by atoms with Gasteiger partial charge in [0.1, 0.15) is 17.0 Å². The van der Waals surface area contributed by atoms with E-state index in [2.05, 4.69) is 6.92 Å². The number of unbranched alkanes of at least 4 members (excludes halogenated alkanes) is 3. The van der Waals surface area contributed by atoms with E-state index in [-0.39, 0.29) is 12.2 Å². The molecule has 5 heteroatoms. The van der Waals surface area contributed by atoms with Gasteiger partial charge in [0.15, 0.2) is 0 Å². The molecule has 3 atom stereocenters. The predicted molar refractivity (Wildman–Crippen MR) is 104 cm³/mol. The Morgan fingerprint density at radius 2 is 1.75 bits per heavy atom. The average molecular weight is 382 g/mol. The third-order valence-corrected chi connectivity index (χ3v) is 6.17. The van der Waals surface area contributed by atoms with Crippen LogP contribution in [0.4, 0.5) is 0 Å². The van der Waals surface area contributed by atoms with Gasteiger partial charge in [0, 0.05) is 6.42 Å². The van der Waals surface area contributed by atoms with Gasteiger partial charge in [-0.15, -0.1) is 0 Å². The van der Waals surface area contributed by atoms with Crippen LogP contribution in [0.5, 0.6) is 5.75 Å². The fraction of sp³-hybridized carbons (Fsp3) is 0.435. The second-order valence-electron chi connectivity index (χ2n) is 7.89. The number of phenols is 1. The number of benzene rings is 2. The van der Waals surface area contributed by atoms with Crippen molar-refractivity contribution in [2.24, 2.45) is 5.92 Å². The van der Waals surface area contributed by atoms with Gasteiger partial charge in [0.2, 0.25) is 0 Å². The van der Waals surface area contributed by atoms with Gasteiger partial charge in [-0.3, -0.25) is 4.79 Å². The first-order valence-corrected chi connectivity index (χ1v) is 9.98. The molecule has 0 saturated carbocycles. The number of carbonyl (C=O) groups excluding carboxylic acids is 1. The predicted octanol–water partition coefficient (Wildman–Crippen LogP) is 3.32. The Morgan fingerprint density at radius 1 is 1.04 bits per heavy atom. The number of phenolic OH excluding ortho intramolecular Hbond substituents is 1. The highest BCUT2D eigenvalue weighted by Crippen LogP contribution is 2.60. The molecule has 0 aliphatic heterocycles. The largest absolute Gasteiger partial charge is 0.508 e. The zero-order chi connectivity index (χ0) is 19.9. The van der Waals surface area contributed by atoms with Gasteiger partial charge in [-0.25, -0.2) is 0 Å². The van der Waals surface area contributed by atoms with E-state index >= 15 is 0 Å². The van der Waals surface area contributed by atoms with Crippen LogP contribution in [-0.2, 0) is 20.7 Å². The van der Waals surface area contributed by atoms with Crippen molar-refractivity contribution < 1.29 is 24.9 Å². The monoisotopic (exact) mass is 382 g/mol. The fourth-order valence-electron chi connectivity index (χ4n) is 4.77. The van der Waals surface area contributed by atoms with Gasteiger partial charge in [-0.2, -0.15) is 0 Å². The number of aliphatic hydroxyl groups is 2. The van der Waals surface area contributed by atoms with Crippen LogP contribution < -0.4 is 0 Å². The Balaban J connectivity index is 1.73. The zero-order valence-corrected chi connectivity index (χ0v) is 16.0. The van der Waals surface area contributed by atoms with Crippen molar-refractivity contribution >= 4 is 5.97 Å². The minimum atomic E-state index is -1.59. The Hall–Kier alpha value is -2.37. The van der Waals surface area contributed by atoms with Crippen molar-refractivity contribution in [3.8, 4) is 5.75 Å². The number of aromatic hydroxyl groups is 1. The highest BCUT2D eigenvalue weighted by atomic mass is 16.5. The van der Waals surface area contributed by atoms with Gasteiger partial charge in [-0.1, -0.05) is 56.5 Å². The molecule has 3 N–H and O–H groups in total. The summed E-state index contributed by atoms with van der Waals surface area (Å²) in [5, 5.41) is 33.3. The van der Waals surface area contributed by atoms with Gasteiger partial charge >= 0.3 is 5.97 Å². The summed E-state index contributed by atoms with van der Waals surface area (Å²) in [6, 6.07) is 11.6. The van der Waals surface area contributed by atoms with E-state index in [1.807, 2.05) is 0 Å². The van der Waals surface area contributed by atoms with E-state index in [0.717, 1.165) is 25.7 Å². The van der Waals surface area contributed by atoms with Gasteiger partial charge < -0.3 is 20.1 Å². The minimum Gasteiger partial charge on any atom is -0.508 e. The van der Waals surface area contributed by atoms with Crippen molar-refractivity contribution in [3.05, 3.63) is 64.7 Å². The fourth-order valence-corrected chi connectivity index (χ4v) is 4.77. The molecule has 3 aliphatic rings. The molecule has 5 rings (SSSR count). The molecular formula is C23H26O5. The highest BCUT2D eigenvalue weighted by Gasteiger charge is 2.62. The molecule has 2 aromatic rings. The number of carbonyl (C=O) groups is 1. The molecule has 0 fully saturated rings. The third kappa shape index (κ3) is 2.65. The first kappa shape index (κ1) is 19.0. The Kier molecular flexibility index (Phi) is 4.68. The lowest BCUT2D eigenvalue weighted by Gasteiger charge is -2.53. The Morgan fingerprint density at radius 3 is 2.50 bits per heavy atom. The van der Waals surface area contributed by atoms with Crippen LogP contribution in [0.1, 0.15) is 61.3 Å². The van der Waals surface area contributed by atoms with Crippen molar-refractivity contribution in [2.75, 3.05) is 6.61 Å². The Bertz CT molecular complexity index is 908. The molecule has 148 valence electrons. The quantitative estimate of drug-likeness (QED) is 0.527. The topological polar surface area (TPSA) is 87.0 Å². The molecule has 2 aromatic carbocycles. The van der Waals surface area contributed by atoms with Crippen LogP contribution in [0.15, 0.2) is 42.5 Å². The molecule has 0 aromatic heterocycles. The second kappa shape index (κ2) is 6.90. The van der Waals surface area contributed by atoms with E-state index < -0.39 is 23.1 Å². The minimum absolute atomic E-state index is 0.0101. The van der Waals surface area contributed by atoms with Crippen molar-refractivity contribution in [2.45, 2.75) is 50.2 Å². The number of hydrogen-bond donors (Lipinski definition) is 3. The van der Waals surface area contributed by atoms with Gasteiger partial charge in [0.05, 0.1) is 12.5 Å². The average Bonchev–Trinajstić information content (AvgIpc) is 2.69. The van der Waals surface area contributed by atoms with E-state index in [1.54, 1.807) is 30.3 Å². The maximum Gasteiger partial charge on any atom is 0.312 e. The first-order chi connectivity index (χ1) is 13.4. The van der Waals surface area contributed by atoms with Crippen molar-refractivity contribution in [1.82, 2.24) is 0 Å². The van der Waals surface area contributed by atoms with Crippen LogP contribution in [0, 0.1) is 5.92 Å². The molecule has 2 bridgehead atoms. The zero-order valence-electron chi connectivity index (χ0n) is 16.0. The molecule has 28 heavy (non-hydrogen) atoms. The lowest BCUT2D eigenvalue weighted by atomic mass is 9.54. The number of ether oxygens (including phenoxy) is 1. The van der Waals surface area contributed by atoms with E-state index in [9.17, 15) is 20.1 Å². The first-order valence-electron chi connectivity index (χ1n) is 9.98. The van der Waals surface area contributed by atoms with Crippen LogP contribution in [0.3, 0.4) is 0 Å². The number of fused-ring (bicyclic) bond motifs is 1. The van der Waals surface area contributed by atoms with Gasteiger partial charge in [-0.05, 0) is 40.8 Å². The summed E-state index contributed by atoms with van der Waals surface area (Å²) in [6.07, 6.45) is 3.99. The molecular weight excluding hydrogens is 356 g/mol. The number of rotatable bonds is 6. The molecule has 0 spiro atoms. The summed E-state index contributed by atoms with van der Waals surface area (Å²) in [7, 11) is 0. The molecule has 0 amide bonds. The van der Waals surface area contributed by atoms with Gasteiger partial charge in [0.25, 0.3) is 0 Å². The molecule has 3 unspecified atom stereocenters. The maximum absolute atomic E-state index is 12.9. The summed E-state index contributed by atoms with van der Waals surface area (Å²) in [4.78, 5) is 12.9. The lowest BCUT2D eigenvalue weighted by Crippen LogP contribution is -2.57. The summed E-state index contributed by atoms with van der Waals surface area (Å²) in [5.74, 6) is -1.39. The van der Waals surface area contributed by atoms with E-state index in [1.165, 1.54) is 12.1 Å². The normalized spacial score (nSPS) is 27.2. The maximum atomic E-state index is 12.9. The van der Waals surface area contributed by atoms with Crippen LogP contribution in [-0.4, -0.2) is 27.9 Å². The van der Waals surface area contributed by atoms with E-state index in [4.69, 9.17) is 4.74 Å². The summed E-state index contributed by atoms with van der Waals surface area (Å²) >= 11 is 0. The summed E-state index contributed by atoms with van der Waals surface area (Å²) < 4.78 is 5.49. The number of hydrogen-bond acceptors (Lipinski definition) is 5. The standard InChI is InChI=1S/C23H26O5/c1-2-3-4-7-12-28-21(25)20-14-22(26)16-8-5-6-9-17(16)23(20,27)18-11-10-15(24)13-19(18)22/h5-6,8-11,13,20,24,26-27H,2-4,7,12,14H2,1H3. The Labute approximate surface area is 164 Å². The smallest absolute Gasteiger partial charge is 0.312 e. The summed E-state index contributed by atoms with van der Waals surface area (Å²) in [5.41, 5.74) is -1.06. The highest BCUT2D eigenvalue weighted by molar-refractivity contribution is 5.79. The SMILES string of the molecule is CCCCCCOC(=O)C1CC2(O)c3ccccc3C1(O)c1ccc(O)cc12. The summed E-state index contributed by atoms with van der Waals surface area (Å²) in [6.45, 7) is 2.43. The van der Waals surface area contributed by atoms with E-state index in [0.29, 0.717) is 28.9 Å². The van der Waals surface area contributed by atoms with Crippen LogP contribution >= 0.6 is 0 Å². The molecule has 0 saturated heterocycles. The van der Waals surface area contributed by atoms with Crippen molar-refractivity contribution in [1.29, 1.82) is 0 Å². The third-order valence-electron chi connectivity index (χ3n) is 6.17. The molecule has 5 nitrogen and oxygen atoms in total.